The number of hydrogen-bond acceptors (Lipinski definition) is 9. The lowest BCUT2D eigenvalue weighted by atomic mass is 9.99. The minimum Gasteiger partial charge on any atom is -0.457 e. The van der Waals surface area contributed by atoms with Crippen molar-refractivity contribution < 1.29 is 44.2 Å². The molecular formula is C49H88O9. The molecule has 0 amide bonds. The van der Waals surface area contributed by atoms with Crippen molar-refractivity contribution in [3.8, 4) is 0 Å². The van der Waals surface area contributed by atoms with E-state index < -0.39 is 43.4 Å². The second kappa shape index (κ2) is 40.6. The largest absolute Gasteiger partial charge is 0.457 e. The zero-order valence-electron chi connectivity index (χ0n) is 37.0. The van der Waals surface area contributed by atoms with E-state index in [-0.39, 0.29) is 19.2 Å². The van der Waals surface area contributed by atoms with E-state index in [0.29, 0.717) is 13.0 Å². The van der Waals surface area contributed by atoms with Gasteiger partial charge in [0.1, 0.15) is 30.5 Å². The van der Waals surface area contributed by atoms with Crippen molar-refractivity contribution in [3.63, 3.8) is 0 Å². The molecule has 58 heavy (non-hydrogen) atoms. The number of allylic oxidation sites excluding steroid dienone is 8. The second-order valence-corrected chi connectivity index (χ2v) is 16.2. The third kappa shape index (κ3) is 31.1. The summed E-state index contributed by atoms with van der Waals surface area (Å²) >= 11 is 0. The highest BCUT2D eigenvalue weighted by Gasteiger charge is 2.44. The van der Waals surface area contributed by atoms with E-state index in [2.05, 4.69) is 62.5 Å². The molecule has 0 radical (unpaired) electrons. The van der Waals surface area contributed by atoms with Gasteiger partial charge in [0.25, 0.3) is 0 Å². The number of hydrogen-bond donors (Lipinski definition) is 4. The van der Waals surface area contributed by atoms with E-state index in [0.717, 1.165) is 64.2 Å². The fourth-order valence-corrected chi connectivity index (χ4v) is 7.03. The van der Waals surface area contributed by atoms with Crippen LogP contribution in [-0.2, 0) is 23.7 Å². The molecule has 1 aliphatic rings. The first kappa shape index (κ1) is 54.2. The molecule has 338 valence electrons. The number of aliphatic hydroxyl groups excluding tert-OH is 4. The van der Waals surface area contributed by atoms with Crippen molar-refractivity contribution in [3.05, 3.63) is 48.6 Å². The van der Waals surface area contributed by atoms with Crippen LogP contribution in [-0.4, -0.2) is 89.6 Å². The van der Waals surface area contributed by atoms with Crippen molar-refractivity contribution in [2.24, 2.45) is 0 Å². The van der Waals surface area contributed by atoms with Gasteiger partial charge < -0.3 is 39.4 Å². The molecule has 9 nitrogen and oxygen atoms in total. The molecule has 4 N–H and O–H groups in total. The van der Waals surface area contributed by atoms with E-state index in [1.165, 1.54) is 109 Å². The molecule has 1 saturated heterocycles. The molecule has 0 spiro atoms. The van der Waals surface area contributed by atoms with Crippen molar-refractivity contribution in [2.75, 3.05) is 26.4 Å². The van der Waals surface area contributed by atoms with Crippen molar-refractivity contribution in [1.82, 2.24) is 0 Å². The molecule has 0 aromatic rings. The number of ether oxygens (including phenoxy) is 4. The van der Waals surface area contributed by atoms with Crippen LogP contribution >= 0.6 is 0 Å². The van der Waals surface area contributed by atoms with Gasteiger partial charge in [-0.15, -0.1) is 0 Å². The third-order valence-corrected chi connectivity index (χ3v) is 10.7. The van der Waals surface area contributed by atoms with Crippen LogP contribution in [0.15, 0.2) is 48.6 Å². The molecule has 1 fully saturated rings. The molecule has 1 heterocycles. The first-order valence-electron chi connectivity index (χ1n) is 23.7. The Morgan fingerprint density at radius 2 is 1.05 bits per heavy atom. The Hall–Kier alpha value is -1.85. The van der Waals surface area contributed by atoms with Gasteiger partial charge in [-0.3, -0.25) is 4.79 Å². The van der Waals surface area contributed by atoms with E-state index >= 15 is 0 Å². The van der Waals surface area contributed by atoms with Gasteiger partial charge in [-0.05, 0) is 70.6 Å². The SMILES string of the molecule is CC/C=C\C/C=C\C/C=C\CCCCCCCCOCC(COC1OC(CO)C(O)C(O)C1O)OC(=O)CCCCCCCCCCC/C=C\CCCCCCCC. The average Bonchev–Trinajstić information content (AvgIpc) is 3.22. The molecule has 0 bridgehead atoms. The quantitative estimate of drug-likeness (QED) is 0.0271. The van der Waals surface area contributed by atoms with Crippen molar-refractivity contribution in [1.29, 1.82) is 0 Å². The Balaban J connectivity index is 2.25. The van der Waals surface area contributed by atoms with E-state index in [1.807, 2.05) is 0 Å². The van der Waals surface area contributed by atoms with Crippen LogP contribution in [0.5, 0.6) is 0 Å². The molecule has 0 aromatic heterocycles. The molecule has 0 saturated carbocycles. The fourth-order valence-electron chi connectivity index (χ4n) is 7.03. The van der Waals surface area contributed by atoms with Crippen molar-refractivity contribution >= 4 is 5.97 Å². The zero-order chi connectivity index (χ0) is 42.2. The van der Waals surface area contributed by atoms with Crippen LogP contribution in [0, 0.1) is 0 Å². The van der Waals surface area contributed by atoms with Gasteiger partial charge in [0.15, 0.2) is 6.29 Å². The Bertz CT molecular complexity index is 1030. The summed E-state index contributed by atoms with van der Waals surface area (Å²) in [6, 6.07) is 0. The lowest BCUT2D eigenvalue weighted by Crippen LogP contribution is -2.59. The monoisotopic (exact) mass is 821 g/mol. The molecule has 9 heteroatoms. The van der Waals surface area contributed by atoms with Crippen LogP contribution in [0.2, 0.25) is 0 Å². The fraction of sp³-hybridized carbons (Fsp3) is 0.816. The maximum atomic E-state index is 12.8. The number of aliphatic hydroxyl groups is 4. The van der Waals surface area contributed by atoms with Crippen LogP contribution in [0.4, 0.5) is 0 Å². The van der Waals surface area contributed by atoms with Gasteiger partial charge in [-0.1, -0.05) is 165 Å². The summed E-state index contributed by atoms with van der Waals surface area (Å²) in [6.07, 6.45) is 42.8. The maximum absolute atomic E-state index is 12.8. The van der Waals surface area contributed by atoms with Gasteiger partial charge >= 0.3 is 5.97 Å². The van der Waals surface area contributed by atoms with Gasteiger partial charge in [0.05, 0.1) is 19.8 Å². The summed E-state index contributed by atoms with van der Waals surface area (Å²) in [7, 11) is 0. The van der Waals surface area contributed by atoms with E-state index in [4.69, 9.17) is 18.9 Å². The number of unbranched alkanes of at least 4 members (excludes halogenated alkanes) is 21. The smallest absolute Gasteiger partial charge is 0.306 e. The molecule has 1 rings (SSSR count). The molecular weight excluding hydrogens is 733 g/mol. The second-order valence-electron chi connectivity index (χ2n) is 16.2. The Morgan fingerprint density at radius 3 is 1.60 bits per heavy atom. The zero-order valence-corrected chi connectivity index (χ0v) is 37.0. The van der Waals surface area contributed by atoms with E-state index in [1.54, 1.807) is 0 Å². The van der Waals surface area contributed by atoms with Crippen LogP contribution in [0.25, 0.3) is 0 Å². The topological polar surface area (TPSA) is 135 Å². The first-order chi connectivity index (χ1) is 28.4. The summed E-state index contributed by atoms with van der Waals surface area (Å²) in [5, 5.41) is 40.2. The summed E-state index contributed by atoms with van der Waals surface area (Å²) in [6.45, 7) is 4.42. The summed E-state index contributed by atoms with van der Waals surface area (Å²) in [5.74, 6) is -0.321. The standard InChI is InChI=1S/C49H88O9/c1-3-5-7-9-11-13-15-17-19-21-22-23-24-26-28-30-32-34-36-38-45(51)57-43(42-56-49-48(54)47(53)46(52)44(40-50)58-49)41-55-39-37-35-33-31-29-27-25-20-18-16-14-12-10-8-6-4-2/h6,8,12,14,17-20,43-44,46-50,52-54H,3-5,7,9-11,13,15-16,21-42H2,1-2H3/b8-6-,14-12-,19-17-,20-18-. The average molecular weight is 821 g/mol. The minimum absolute atomic E-state index is 0.120. The van der Waals surface area contributed by atoms with E-state index in [9.17, 15) is 25.2 Å². The Morgan fingerprint density at radius 1 is 0.569 bits per heavy atom. The molecule has 6 unspecified atom stereocenters. The van der Waals surface area contributed by atoms with Gasteiger partial charge in [0.2, 0.25) is 0 Å². The number of carbonyl (C=O) groups excluding carboxylic acids is 1. The van der Waals surface area contributed by atoms with Gasteiger partial charge in [0, 0.05) is 13.0 Å². The Labute approximate surface area is 354 Å². The van der Waals surface area contributed by atoms with Crippen LogP contribution in [0.1, 0.15) is 194 Å². The van der Waals surface area contributed by atoms with Gasteiger partial charge in [-0.25, -0.2) is 0 Å². The minimum atomic E-state index is -1.54. The molecule has 0 aliphatic carbocycles. The van der Waals surface area contributed by atoms with Crippen LogP contribution in [0.3, 0.4) is 0 Å². The highest BCUT2D eigenvalue weighted by atomic mass is 16.7. The Kier molecular flexibility index (Phi) is 37.9. The van der Waals surface area contributed by atoms with Crippen molar-refractivity contribution in [2.45, 2.75) is 230 Å². The number of esters is 1. The van der Waals surface area contributed by atoms with Crippen LogP contribution < -0.4 is 0 Å². The number of rotatable bonds is 40. The lowest BCUT2D eigenvalue weighted by Gasteiger charge is -2.39. The molecule has 0 aromatic carbocycles. The summed E-state index contributed by atoms with van der Waals surface area (Å²) < 4.78 is 22.8. The third-order valence-electron chi connectivity index (χ3n) is 10.7. The molecule has 1 aliphatic heterocycles. The highest BCUT2D eigenvalue weighted by Crippen LogP contribution is 2.22. The summed E-state index contributed by atoms with van der Waals surface area (Å²) in [5.41, 5.74) is 0. The predicted molar refractivity (Wildman–Crippen MR) is 238 cm³/mol. The highest BCUT2D eigenvalue weighted by molar-refractivity contribution is 5.69. The molecule has 6 atom stereocenters. The normalized spacial score (nSPS) is 20.7. The lowest BCUT2D eigenvalue weighted by molar-refractivity contribution is -0.305. The number of carbonyl (C=O) groups is 1. The van der Waals surface area contributed by atoms with Gasteiger partial charge in [-0.2, -0.15) is 0 Å². The predicted octanol–water partition coefficient (Wildman–Crippen LogP) is 10.9. The maximum Gasteiger partial charge on any atom is 0.306 e. The first-order valence-corrected chi connectivity index (χ1v) is 23.7. The summed E-state index contributed by atoms with van der Waals surface area (Å²) in [4.78, 5) is 12.8.